The highest BCUT2D eigenvalue weighted by Crippen LogP contribution is 2.04. The molecule has 0 unspecified atom stereocenters. The minimum atomic E-state index is -0.331. The van der Waals surface area contributed by atoms with Gasteiger partial charge in [-0.25, -0.2) is 4.79 Å². The third kappa shape index (κ3) is 3.85. The van der Waals surface area contributed by atoms with Crippen molar-refractivity contribution in [2.24, 2.45) is 0 Å². The highest BCUT2D eigenvalue weighted by Gasteiger charge is 2.05. The third-order valence-corrected chi connectivity index (χ3v) is 1.84. The predicted molar refractivity (Wildman–Crippen MR) is 57.6 cm³/mol. The van der Waals surface area contributed by atoms with Gasteiger partial charge in [0.05, 0.1) is 11.8 Å². The van der Waals surface area contributed by atoms with Gasteiger partial charge in [-0.05, 0) is 19.1 Å². The Morgan fingerprint density at radius 1 is 1.33 bits per heavy atom. The van der Waals surface area contributed by atoms with Crippen LogP contribution < -0.4 is 0 Å². The van der Waals surface area contributed by atoms with Crippen LogP contribution in [0.4, 0.5) is 0 Å². The van der Waals surface area contributed by atoms with Crippen LogP contribution in [0.5, 0.6) is 0 Å². The molecular weight excluding hydrogens is 192 g/mol. The minimum Gasteiger partial charge on any atom is -0.498 e. The maximum Gasteiger partial charge on any atom is 0.338 e. The third-order valence-electron chi connectivity index (χ3n) is 1.84. The zero-order chi connectivity index (χ0) is 11.1. The number of benzene rings is 1. The van der Waals surface area contributed by atoms with Crippen LogP contribution in [0.25, 0.3) is 0 Å². The summed E-state index contributed by atoms with van der Waals surface area (Å²) in [5, 5.41) is 0. The van der Waals surface area contributed by atoms with Gasteiger partial charge in [0.2, 0.25) is 0 Å². The standard InChI is InChI=1S/C12H14O3/c1-3-14-8-9-15-12(13)11-6-4-10(2)5-7-11/h3-7H,1,8-9H2,2H3. The van der Waals surface area contributed by atoms with Crippen LogP contribution in [0.3, 0.4) is 0 Å². The van der Waals surface area contributed by atoms with Crippen LogP contribution in [0.2, 0.25) is 0 Å². The molecule has 3 heteroatoms. The van der Waals surface area contributed by atoms with E-state index in [9.17, 15) is 4.79 Å². The molecule has 1 aromatic carbocycles. The first kappa shape index (κ1) is 11.3. The molecule has 0 aliphatic heterocycles. The van der Waals surface area contributed by atoms with E-state index in [1.807, 2.05) is 19.1 Å². The lowest BCUT2D eigenvalue weighted by atomic mass is 10.1. The fourth-order valence-corrected chi connectivity index (χ4v) is 1.04. The smallest absolute Gasteiger partial charge is 0.338 e. The molecule has 15 heavy (non-hydrogen) atoms. The largest absolute Gasteiger partial charge is 0.498 e. The molecule has 0 aromatic heterocycles. The van der Waals surface area contributed by atoms with Gasteiger partial charge in [0, 0.05) is 0 Å². The summed E-state index contributed by atoms with van der Waals surface area (Å²) in [5.74, 6) is -0.331. The van der Waals surface area contributed by atoms with Crippen molar-refractivity contribution in [1.29, 1.82) is 0 Å². The Labute approximate surface area is 89.3 Å². The molecule has 1 aromatic rings. The number of rotatable bonds is 5. The molecule has 80 valence electrons. The topological polar surface area (TPSA) is 35.5 Å². The van der Waals surface area contributed by atoms with E-state index in [4.69, 9.17) is 9.47 Å². The SMILES string of the molecule is C=COCCOC(=O)c1ccc(C)cc1. The van der Waals surface area contributed by atoms with Gasteiger partial charge in [0.15, 0.2) is 0 Å². The van der Waals surface area contributed by atoms with Crippen LogP contribution >= 0.6 is 0 Å². The molecule has 1 rings (SSSR count). The number of carbonyl (C=O) groups is 1. The number of aryl methyl sites for hydroxylation is 1. The highest BCUT2D eigenvalue weighted by atomic mass is 16.6. The van der Waals surface area contributed by atoms with Gasteiger partial charge in [0.25, 0.3) is 0 Å². The van der Waals surface area contributed by atoms with Crippen molar-refractivity contribution >= 4 is 5.97 Å². The average Bonchev–Trinajstić information content (AvgIpc) is 2.25. The lowest BCUT2D eigenvalue weighted by Crippen LogP contribution is -2.09. The van der Waals surface area contributed by atoms with Crippen molar-refractivity contribution in [2.75, 3.05) is 13.2 Å². The van der Waals surface area contributed by atoms with Gasteiger partial charge in [-0.15, -0.1) is 0 Å². The summed E-state index contributed by atoms with van der Waals surface area (Å²) < 4.78 is 9.78. The van der Waals surface area contributed by atoms with Crippen LogP contribution in [0, 0.1) is 6.92 Å². The van der Waals surface area contributed by atoms with E-state index >= 15 is 0 Å². The van der Waals surface area contributed by atoms with Crippen LogP contribution in [-0.4, -0.2) is 19.2 Å². The molecule has 3 nitrogen and oxygen atoms in total. The summed E-state index contributed by atoms with van der Waals surface area (Å²) in [6.45, 7) is 5.92. The Morgan fingerprint density at radius 3 is 2.60 bits per heavy atom. The first-order valence-corrected chi connectivity index (χ1v) is 4.70. The molecule has 0 aliphatic carbocycles. The number of hydrogen-bond acceptors (Lipinski definition) is 3. The Balaban J connectivity index is 2.40. The molecule has 0 N–H and O–H groups in total. The molecule has 0 atom stereocenters. The van der Waals surface area contributed by atoms with Crippen molar-refractivity contribution in [1.82, 2.24) is 0 Å². The Morgan fingerprint density at radius 2 is 2.00 bits per heavy atom. The van der Waals surface area contributed by atoms with E-state index in [0.717, 1.165) is 5.56 Å². The molecule has 0 radical (unpaired) electrons. The predicted octanol–water partition coefficient (Wildman–Crippen LogP) is 2.31. The summed E-state index contributed by atoms with van der Waals surface area (Å²) in [6, 6.07) is 7.23. The van der Waals surface area contributed by atoms with Gasteiger partial charge in [-0.3, -0.25) is 0 Å². The summed E-state index contributed by atoms with van der Waals surface area (Å²) in [4.78, 5) is 11.4. The number of ether oxygens (including phenoxy) is 2. The van der Waals surface area contributed by atoms with E-state index in [2.05, 4.69) is 6.58 Å². The normalized spacial score (nSPS) is 9.40. The van der Waals surface area contributed by atoms with E-state index in [1.54, 1.807) is 12.1 Å². The first-order valence-electron chi connectivity index (χ1n) is 4.70. The quantitative estimate of drug-likeness (QED) is 0.421. The highest BCUT2D eigenvalue weighted by molar-refractivity contribution is 5.89. The number of carbonyl (C=O) groups excluding carboxylic acids is 1. The molecule has 0 saturated heterocycles. The lowest BCUT2D eigenvalue weighted by Gasteiger charge is -2.04. The maximum absolute atomic E-state index is 11.4. The molecular formula is C12H14O3. The fourth-order valence-electron chi connectivity index (χ4n) is 1.04. The Hall–Kier alpha value is -1.77. The van der Waals surface area contributed by atoms with Crippen LogP contribution in [0.15, 0.2) is 37.1 Å². The maximum atomic E-state index is 11.4. The Kier molecular flexibility index (Phi) is 4.41. The second-order valence-corrected chi connectivity index (χ2v) is 3.04. The van der Waals surface area contributed by atoms with Crippen molar-refractivity contribution < 1.29 is 14.3 Å². The molecule has 0 fully saturated rings. The van der Waals surface area contributed by atoms with Crippen molar-refractivity contribution in [3.63, 3.8) is 0 Å². The second-order valence-electron chi connectivity index (χ2n) is 3.04. The van der Waals surface area contributed by atoms with Gasteiger partial charge in [-0.2, -0.15) is 0 Å². The van der Waals surface area contributed by atoms with Crippen LogP contribution in [0.1, 0.15) is 15.9 Å². The van der Waals surface area contributed by atoms with Crippen molar-refractivity contribution in [2.45, 2.75) is 6.92 Å². The van der Waals surface area contributed by atoms with E-state index in [1.165, 1.54) is 6.26 Å². The summed E-state index contributed by atoms with van der Waals surface area (Å²) >= 11 is 0. The zero-order valence-electron chi connectivity index (χ0n) is 8.73. The monoisotopic (exact) mass is 206 g/mol. The van der Waals surface area contributed by atoms with Gasteiger partial charge in [-0.1, -0.05) is 24.3 Å². The fraction of sp³-hybridized carbons (Fsp3) is 0.250. The molecule has 0 aliphatic rings. The first-order chi connectivity index (χ1) is 7.24. The number of esters is 1. The lowest BCUT2D eigenvalue weighted by molar-refractivity contribution is 0.0421. The summed E-state index contributed by atoms with van der Waals surface area (Å²) in [5.41, 5.74) is 1.67. The molecule has 0 heterocycles. The van der Waals surface area contributed by atoms with Crippen molar-refractivity contribution in [3.05, 3.63) is 48.2 Å². The molecule has 0 spiro atoms. The zero-order valence-corrected chi connectivity index (χ0v) is 8.73. The second kappa shape index (κ2) is 5.86. The molecule has 0 bridgehead atoms. The minimum absolute atomic E-state index is 0.235. The Bertz CT molecular complexity index is 327. The van der Waals surface area contributed by atoms with Gasteiger partial charge < -0.3 is 9.47 Å². The van der Waals surface area contributed by atoms with Gasteiger partial charge in [0.1, 0.15) is 13.2 Å². The van der Waals surface area contributed by atoms with E-state index in [0.29, 0.717) is 12.2 Å². The van der Waals surface area contributed by atoms with Gasteiger partial charge >= 0.3 is 5.97 Å². The number of hydrogen-bond donors (Lipinski definition) is 0. The van der Waals surface area contributed by atoms with E-state index < -0.39 is 0 Å². The summed E-state index contributed by atoms with van der Waals surface area (Å²) in [6.07, 6.45) is 1.32. The summed E-state index contributed by atoms with van der Waals surface area (Å²) in [7, 11) is 0. The van der Waals surface area contributed by atoms with Crippen LogP contribution in [-0.2, 0) is 9.47 Å². The molecule has 0 saturated carbocycles. The molecule has 0 amide bonds. The average molecular weight is 206 g/mol. The van der Waals surface area contributed by atoms with Crippen molar-refractivity contribution in [3.8, 4) is 0 Å². The van der Waals surface area contributed by atoms with E-state index in [-0.39, 0.29) is 12.6 Å².